The van der Waals surface area contributed by atoms with Crippen LogP contribution in [-0.4, -0.2) is 25.2 Å². The second kappa shape index (κ2) is 6.20. The van der Waals surface area contributed by atoms with Crippen molar-refractivity contribution in [2.45, 2.75) is 12.3 Å². The number of carbonyl (C=O) groups is 1. The Morgan fingerprint density at radius 1 is 1.09 bits per heavy atom. The standard InChI is InChI=1S/C18H19NO4/c1-22-16-8-5-12(9-17(16)23-2)19-18(21)15-10-14(15)11-3-6-13(20)7-4-11/h3-9,14-15,20H,10H2,1-2H3,(H,19,21). The molecule has 5 heteroatoms. The maximum Gasteiger partial charge on any atom is 0.228 e. The highest BCUT2D eigenvalue weighted by molar-refractivity contribution is 5.95. The average Bonchev–Trinajstić information content (AvgIpc) is 3.36. The van der Waals surface area contributed by atoms with E-state index >= 15 is 0 Å². The van der Waals surface area contributed by atoms with Crippen LogP contribution in [0.15, 0.2) is 42.5 Å². The van der Waals surface area contributed by atoms with Crippen LogP contribution in [0.1, 0.15) is 17.9 Å². The summed E-state index contributed by atoms with van der Waals surface area (Å²) in [5.74, 6) is 1.62. The molecule has 2 N–H and O–H groups in total. The van der Waals surface area contributed by atoms with E-state index < -0.39 is 0 Å². The number of rotatable bonds is 5. The molecule has 1 amide bonds. The van der Waals surface area contributed by atoms with E-state index in [-0.39, 0.29) is 23.5 Å². The highest BCUT2D eigenvalue weighted by Crippen LogP contribution is 2.48. The maximum atomic E-state index is 12.3. The predicted octanol–water partition coefficient (Wildman–Crippen LogP) is 3.15. The summed E-state index contributed by atoms with van der Waals surface area (Å²) in [4.78, 5) is 12.3. The van der Waals surface area contributed by atoms with Crippen molar-refractivity contribution in [2.75, 3.05) is 19.5 Å². The van der Waals surface area contributed by atoms with E-state index in [0.29, 0.717) is 17.2 Å². The van der Waals surface area contributed by atoms with Crippen molar-refractivity contribution in [1.82, 2.24) is 0 Å². The van der Waals surface area contributed by atoms with Gasteiger partial charge < -0.3 is 19.9 Å². The van der Waals surface area contributed by atoms with Crippen LogP contribution < -0.4 is 14.8 Å². The monoisotopic (exact) mass is 313 g/mol. The summed E-state index contributed by atoms with van der Waals surface area (Å²) < 4.78 is 10.4. The van der Waals surface area contributed by atoms with Gasteiger partial charge in [-0.25, -0.2) is 0 Å². The van der Waals surface area contributed by atoms with Crippen LogP contribution in [-0.2, 0) is 4.79 Å². The van der Waals surface area contributed by atoms with Crippen LogP contribution in [0.3, 0.4) is 0 Å². The number of phenolic OH excluding ortho intramolecular Hbond substituents is 1. The number of nitrogens with one attached hydrogen (secondary N) is 1. The van der Waals surface area contributed by atoms with Gasteiger partial charge in [-0.15, -0.1) is 0 Å². The summed E-state index contributed by atoms with van der Waals surface area (Å²) in [5, 5.41) is 12.2. The molecule has 3 rings (SSSR count). The smallest absolute Gasteiger partial charge is 0.228 e. The molecule has 1 aliphatic carbocycles. The summed E-state index contributed by atoms with van der Waals surface area (Å²) in [6.07, 6.45) is 0.823. The van der Waals surface area contributed by atoms with Crippen molar-refractivity contribution < 1.29 is 19.4 Å². The van der Waals surface area contributed by atoms with Crippen LogP contribution in [0.4, 0.5) is 5.69 Å². The summed E-state index contributed by atoms with van der Waals surface area (Å²) >= 11 is 0. The SMILES string of the molecule is COc1ccc(NC(=O)C2CC2c2ccc(O)cc2)cc1OC. The molecule has 0 heterocycles. The van der Waals surface area contributed by atoms with Crippen molar-refractivity contribution in [1.29, 1.82) is 0 Å². The lowest BCUT2D eigenvalue weighted by atomic mass is 10.1. The highest BCUT2D eigenvalue weighted by Gasteiger charge is 2.43. The normalized spacial score (nSPS) is 19.0. The first-order valence-electron chi connectivity index (χ1n) is 7.44. The molecule has 1 aliphatic rings. The third kappa shape index (κ3) is 3.23. The van der Waals surface area contributed by atoms with E-state index in [1.165, 1.54) is 0 Å². The van der Waals surface area contributed by atoms with Crippen molar-refractivity contribution in [3.05, 3.63) is 48.0 Å². The lowest BCUT2D eigenvalue weighted by Crippen LogP contribution is -2.14. The molecule has 2 atom stereocenters. The molecule has 2 aromatic rings. The van der Waals surface area contributed by atoms with Gasteiger partial charge in [-0.05, 0) is 42.2 Å². The zero-order chi connectivity index (χ0) is 16.4. The zero-order valence-electron chi connectivity index (χ0n) is 13.1. The van der Waals surface area contributed by atoms with Gasteiger partial charge >= 0.3 is 0 Å². The zero-order valence-corrected chi connectivity index (χ0v) is 13.1. The highest BCUT2D eigenvalue weighted by atomic mass is 16.5. The molecule has 2 unspecified atom stereocenters. The fraction of sp³-hybridized carbons (Fsp3) is 0.278. The Bertz CT molecular complexity index is 711. The minimum absolute atomic E-state index is 0.00436. The molecule has 0 saturated heterocycles. The van der Waals surface area contributed by atoms with E-state index in [4.69, 9.17) is 9.47 Å². The van der Waals surface area contributed by atoms with Gasteiger partial charge in [0.05, 0.1) is 14.2 Å². The van der Waals surface area contributed by atoms with Crippen LogP contribution in [0.5, 0.6) is 17.2 Å². The van der Waals surface area contributed by atoms with Gasteiger partial charge in [0.1, 0.15) is 5.75 Å². The number of benzene rings is 2. The minimum atomic E-state index is -0.0346. The lowest BCUT2D eigenvalue weighted by molar-refractivity contribution is -0.117. The molecule has 0 aromatic heterocycles. The summed E-state index contributed by atoms with van der Waals surface area (Å²) in [6.45, 7) is 0. The first-order chi connectivity index (χ1) is 11.1. The summed E-state index contributed by atoms with van der Waals surface area (Å²) in [7, 11) is 3.13. The molecule has 120 valence electrons. The Hall–Kier alpha value is -2.69. The predicted molar refractivity (Wildman–Crippen MR) is 87.1 cm³/mol. The summed E-state index contributed by atoms with van der Waals surface area (Å²) in [5.41, 5.74) is 1.76. The summed E-state index contributed by atoms with van der Waals surface area (Å²) in [6, 6.07) is 12.3. The Kier molecular flexibility index (Phi) is 4.10. The Morgan fingerprint density at radius 2 is 1.78 bits per heavy atom. The minimum Gasteiger partial charge on any atom is -0.508 e. The first-order valence-corrected chi connectivity index (χ1v) is 7.44. The van der Waals surface area contributed by atoms with Crippen LogP contribution in [0.2, 0.25) is 0 Å². The fourth-order valence-electron chi connectivity index (χ4n) is 2.72. The Balaban J connectivity index is 1.65. The van der Waals surface area contributed by atoms with Gasteiger partial charge in [-0.3, -0.25) is 4.79 Å². The average molecular weight is 313 g/mol. The van der Waals surface area contributed by atoms with E-state index in [9.17, 15) is 9.90 Å². The molecular formula is C18H19NO4. The molecule has 1 fully saturated rings. The quantitative estimate of drug-likeness (QED) is 0.890. The lowest BCUT2D eigenvalue weighted by Gasteiger charge is -2.10. The topological polar surface area (TPSA) is 67.8 Å². The number of phenols is 1. The molecule has 0 radical (unpaired) electrons. The maximum absolute atomic E-state index is 12.3. The third-order valence-corrected chi connectivity index (χ3v) is 4.10. The molecule has 2 aromatic carbocycles. The number of ether oxygens (including phenoxy) is 2. The van der Waals surface area contributed by atoms with Gasteiger partial charge in [-0.1, -0.05) is 12.1 Å². The van der Waals surface area contributed by atoms with Crippen LogP contribution in [0, 0.1) is 5.92 Å². The van der Waals surface area contributed by atoms with Gasteiger partial charge in [0.15, 0.2) is 11.5 Å². The van der Waals surface area contributed by atoms with Crippen LogP contribution >= 0.6 is 0 Å². The Morgan fingerprint density at radius 3 is 2.43 bits per heavy atom. The van der Waals surface area contributed by atoms with E-state index in [2.05, 4.69) is 5.32 Å². The van der Waals surface area contributed by atoms with E-state index in [1.54, 1.807) is 44.6 Å². The molecule has 0 spiro atoms. The van der Waals surface area contributed by atoms with Crippen molar-refractivity contribution in [3.63, 3.8) is 0 Å². The van der Waals surface area contributed by atoms with Gasteiger partial charge in [0.2, 0.25) is 5.91 Å². The third-order valence-electron chi connectivity index (χ3n) is 4.10. The van der Waals surface area contributed by atoms with Gasteiger partial charge in [-0.2, -0.15) is 0 Å². The number of anilines is 1. The first kappa shape index (κ1) is 15.2. The molecule has 0 bridgehead atoms. The number of aromatic hydroxyl groups is 1. The molecule has 0 aliphatic heterocycles. The molecule has 5 nitrogen and oxygen atoms in total. The number of amides is 1. The number of hydrogen-bond acceptors (Lipinski definition) is 4. The van der Waals surface area contributed by atoms with Crippen LogP contribution in [0.25, 0.3) is 0 Å². The molecular weight excluding hydrogens is 294 g/mol. The van der Waals surface area contributed by atoms with Crippen molar-refractivity contribution >= 4 is 11.6 Å². The second-order valence-corrected chi connectivity index (χ2v) is 5.60. The molecule has 23 heavy (non-hydrogen) atoms. The van der Waals surface area contributed by atoms with Gasteiger partial charge in [0, 0.05) is 17.7 Å². The Labute approximate surface area is 134 Å². The molecule has 1 saturated carbocycles. The number of carbonyl (C=O) groups excluding carboxylic acids is 1. The van der Waals surface area contributed by atoms with E-state index in [0.717, 1.165) is 12.0 Å². The largest absolute Gasteiger partial charge is 0.508 e. The number of methoxy groups -OCH3 is 2. The van der Waals surface area contributed by atoms with Crippen molar-refractivity contribution in [2.24, 2.45) is 5.92 Å². The second-order valence-electron chi connectivity index (χ2n) is 5.60. The van der Waals surface area contributed by atoms with Crippen molar-refractivity contribution in [3.8, 4) is 17.2 Å². The number of hydrogen-bond donors (Lipinski definition) is 2. The van der Waals surface area contributed by atoms with E-state index in [1.807, 2.05) is 12.1 Å². The fourth-order valence-corrected chi connectivity index (χ4v) is 2.72. The van der Waals surface area contributed by atoms with Gasteiger partial charge in [0.25, 0.3) is 0 Å².